The number of hydrogen-bond acceptors (Lipinski definition) is 7. The van der Waals surface area contributed by atoms with Gasteiger partial charge in [0.05, 0.1) is 11.5 Å². The number of nitrogens with zero attached hydrogens (tertiary/aromatic N) is 2. The van der Waals surface area contributed by atoms with Gasteiger partial charge in [-0.2, -0.15) is 0 Å². The van der Waals surface area contributed by atoms with E-state index < -0.39 is 15.7 Å². The molecule has 0 saturated carbocycles. The quantitative estimate of drug-likeness (QED) is 0.512. The Morgan fingerprint density at radius 2 is 1.73 bits per heavy atom. The number of benzene rings is 2. The molecular weight excluding hydrogens is 406 g/mol. The van der Waals surface area contributed by atoms with Gasteiger partial charge in [0.2, 0.25) is 5.89 Å². The van der Waals surface area contributed by atoms with Gasteiger partial charge in [-0.3, -0.25) is 10.1 Å². The monoisotopic (exact) mass is 429 g/mol. The van der Waals surface area contributed by atoms with Crippen molar-refractivity contribution < 1.29 is 22.4 Å². The van der Waals surface area contributed by atoms with Crippen molar-refractivity contribution in [3.8, 4) is 17.2 Å². The average molecular weight is 429 g/mol. The number of carbonyl (C=O) groups excluding carboxylic acids is 1. The number of nitrogens with one attached hydrogen (secondary N) is 1. The molecule has 0 aliphatic rings. The van der Waals surface area contributed by atoms with Crippen LogP contribution in [0.3, 0.4) is 0 Å². The summed E-state index contributed by atoms with van der Waals surface area (Å²) in [7, 11) is -3.29. The van der Waals surface area contributed by atoms with Crippen molar-refractivity contribution in [3.63, 3.8) is 0 Å². The molecule has 0 fully saturated rings. The fourth-order valence-electron chi connectivity index (χ4n) is 2.65. The first-order valence-electron chi connectivity index (χ1n) is 9.55. The molecule has 8 nitrogen and oxygen atoms in total. The van der Waals surface area contributed by atoms with E-state index in [0.717, 1.165) is 25.5 Å². The van der Waals surface area contributed by atoms with Gasteiger partial charge in [0.25, 0.3) is 5.91 Å². The van der Waals surface area contributed by atoms with Crippen LogP contribution in [-0.4, -0.2) is 37.4 Å². The van der Waals surface area contributed by atoms with Gasteiger partial charge in [0.1, 0.15) is 5.75 Å². The number of sulfone groups is 1. The highest BCUT2D eigenvalue weighted by Crippen LogP contribution is 2.22. The van der Waals surface area contributed by atoms with Crippen molar-refractivity contribution in [2.24, 2.45) is 0 Å². The van der Waals surface area contributed by atoms with Gasteiger partial charge >= 0.3 is 6.01 Å². The minimum atomic E-state index is -3.29. The smallest absolute Gasteiger partial charge is 0.322 e. The standard InChI is InChI=1S/C21H23N3O5S/c1-3-4-5-14-28-17-10-6-15(7-11-17)19(25)22-21-24-23-20(29-21)16-8-12-18(13-9-16)30(2,26)27/h6-13H,3-5,14H2,1-2H3,(H,22,24,25). The second kappa shape index (κ2) is 9.53. The van der Waals surface area contributed by atoms with Crippen LogP contribution in [-0.2, 0) is 9.84 Å². The molecule has 0 unspecified atom stereocenters. The largest absolute Gasteiger partial charge is 0.494 e. The van der Waals surface area contributed by atoms with Gasteiger partial charge in [-0.1, -0.05) is 24.9 Å². The molecule has 1 aromatic heterocycles. The maximum Gasteiger partial charge on any atom is 0.322 e. The molecular formula is C21H23N3O5S. The van der Waals surface area contributed by atoms with Crippen molar-refractivity contribution in [1.82, 2.24) is 10.2 Å². The SMILES string of the molecule is CCCCCOc1ccc(C(=O)Nc2nnc(-c3ccc(S(C)(=O)=O)cc3)o2)cc1. The molecule has 0 bridgehead atoms. The van der Waals surface area contributed by atoms with E-state index in [9.17, 15) is 13.2 Å². The number of ether oxygens (including phenoxy) is 1. The molecule has 3 aromatic rings. The number of unbranched alkanes of at least 4 members (excludes halogenated alkanes) is 2. The average Bonchev–Trinajstić information content (AvgIpc) is 3.19. The summed E-state index contributed by atoms with van der Waals surface area (Å²) in [5.74, 6) is 0.483. The Bertz CT molecular complexity index is 1090. The first-order valence-corrected chi connectivity index (χ1v) is 11.4. The zero-order chi connectivity index (χ0) is 21.6. The van der Waals surface area contributed by atoms with E-state index >= 15 is 0 Å². The topological polar surface area (TPSA) is 111 Å². The lowest BCUT2D eigenvalue weighted by Gasteiger charge is -2.06. The highest BCUT2D eigenvalue weighted by molar-refractivity contribution is 7.90. The summed E-state index contributed by atoms with van der Waals surface area (Å²) in [6.07, 6.45) is 4.38. The zero-order valence-corrected chi connectivity index (χ0v) is 17.6. The fraction of sp³-hybridized carbons (Fsp3) is 0.286. The summed E-state index contributed by atoms with van der Waals surface area (Å²) in [6, 6.07) is 12.8. The molecule has 0 aliphatic carbocycles. The molecule has 158 valence electrons. The highest BCUT2D eigenvalue weighted by Gasteiger charge is 2.14. The normalized spacial score (nSPS) is 11.3. The maximum absolute atomic E-state index is 12.4. The number of hydrogen-bond donors (Lipinski definition) is 1. The third-order valence-electron chi connectivity index (χ3n) is 4.31. The maximum atomic E-state index is 12.4. The van der Waals surface area contributed by atoms with Gasteiger partial charge in [0.15, 0.2) is 9.84 Å². The van der Waals surface area contributed by atoms with Gasteiger partial charge < -0.3 is 9.15 Å². The summed E-state index contributed by atoms with van der Waals surface area (Å²) in [6.45, 7) is 2.78. The van der Waals surface area contributed by atoms with Crippen molar-refractivity contribution in [2.45, 2.75) is 31.1 Å². The molecule has 0 atom stereocenters. The Balaban J connectivity index is 1.60. The lowest BCUT2D eigenvalue weighted by molar-refractivity contribution is 0.102. The lowest BCUT2D eigenvalue weighted by Crippen LogP contribution is -2.12. The molecule has 0 saturated heterocycles. The van der Waals surface area contributed by atoms with Gasteiger partial charge in [-0.25, -0.2) is 8.42 Å². The highest BCUT2D eigenvalue weighted by atomic mass is 32.2. The minimum Gasteiger partial charge on any atom is -0.494 e. The van der Waals surface area contributed by atoms with Crippen LogP contribution in [0.2, 0.25) is 0 Å². The van der Waals surface area contributed by atoms with Crippen LogP contribution in [0.25, 0.3) is 11.5 Å². The predicted molar refractivity (Wildman–Crippen MR) is 112 cm³/mol. The van der Waals surface area contributed by atoms with E-state index in [1.807, 2.05) is 0 Å². The predicted octanol–water partition coefficient (Wildman–Crippen LogP) is 3.96. The summed E-state index contributed by atoms with van der Waals surface area (Å²) in [4.78, 5) is 12.6. The Morgan fingerprint density at radius 3 is 2.37 bits per heavy atom. The molecule has 9 heteroatoms. The van der Waals surface area contributed by atoms with Gasteiger partial charge in [0, 0.05) is 17.4 Å². The van der Waals surface area contributed by atoms with E-state index in [0.29, 0.717) is 23.5 Å². The van der Waals surface area contributed by atoms with E-state index in [1.165, 1.54) is 12.1 Å². The molecule has 1 heterocycles. The van der Waals surface area contributed by atoms with E-state index in [1.54, 1.807) is 36.4 Å². The molecule has 0 aliphatic heterocycles. The summed E-state index contributed by atoms with van der Waals surface area (Å²) >= 11 is 0. The van der Waals surface area contributed by atoms with Crippen molar-refractivity contribution >= 4 is 21.8 Å². The van der Waals surface area contributed by atoms with Crippen LogP contribution in [0.15, 0.2) is 57.8 Å². The Morgan fingerprint density at radius 1 is 1.03 bits per heavy atom. The molecule has 1 N–H and O–H groups in total. The lowest BCUT2D eigenvalue weighted by atomic mass is 10.2. The zero-order valence-electron chi connectivity index (χ0n) is 16.8. The van der Waals surface area contributed by atoms with Gasteiger partial charge in [-0.15, -0.1) is 5.10 Å². The second-order valence-electron chi connectivity index (χ2n) is 6.74. The van der Waals surface area contributed by atoms with Crippen LogP contribution in [0.4, 0.5) is 6.01 Å². The Hall–Kier alpha value is -3.20. The van der Waals surface area contributed by atoms with Crippen LogP contribution >= 0.6 is 0 Å². The molecule has 0 spiro atoms. The Kier molecular flexibility index (Phi) is 6.83. The summed E-state index contributed by atoms with van der Waals surface area (Å²) in [5.41, 5.74) is 0.966. The number of aromatic nitrogens is 2. The first-order chi connectivity index (χ1) is 14.4. The summed E-state index contributed by atoms with van der Waals surface area (Å²) in [5, 5.41) is 10.2. The van der Waals surface area contributed by atoms with Crippen molar-refractivity contribution in [3.05, 3.63) is 54.1 Å². The fourth-order valence-corrected chi connectivity index (χ4v) is 3.28. The van der Waals surface area contributed by atoms with Crippen molar-refractivity contribution in [1.29, 1.82) is 0 Å². The number of anilines is 1. The minimum absolute atomic E-state index is 0.0536. The molecule has 2 aromatic carbocycles. The summed E-state index contributed by atoms with van der Waals surface area (Å²) < 4.78 is 34.2. The van der Waals surface area contributed by atoms with Crippen LogP contribution < -0.4 is 10.1 Å². The van der Waals surface area contributed by atoms with Gasteiger partial charge in [-0.05, 0) is 55.0 Å². The third kappa shape index (κ3) is 5.66. The second-order valence-corrected chi connectivity index (χ2v) is 8.76. The van der Waals surface area contributed by atoms with E-state index in [4.69, 9.17) is 9.15 Å². The van der Waals surface area contributed by atoms with E-state index in [2.05, 4.69) is 22.4 Å². The molecule has 30 heavy (non-hydrogen) atoms. The molecule has 3 rings (SSSR count). The number of rotatable bonds is 9. The first kappa shape index (κ1) is 21.5. The number of carbonyl (C=O) groups is 1. The van der Waals surface area contributed by atoms with E-state index in [-0.39, 0.29) is 16.8 Å². The van der Waals surface area contributed by atoms with Crippen LogP contribution in [0.1, 0.15) is 36.5 Å². The molecule has 1 amide bonds. The van der Waals surface area contributed by atoms with Crippen molar-refractivity contribution in [2.75, 3.05) is 18.2 Å². The Labute approximate surface area is 175 Å². The number of amides is 1. The third-order valence-corrected chi connectivity index (χ3v) is 5.44. The van der Waals surface area contributed by atoms with Crippen LogP contribution in [0.5, 0.6) is 5.75 Å². The molecule has 0 radical (unpaired) electrons. The van der Waals surface area contributed by atoms with Crippen LogP contribution in [0, 0.1) is 0 Å².